The van der Waals surface area contributed by atoms with E-state index in [0.29, 0.717) is 5.75 Å². The van der Waals surface area contributed by atoms with Crippen LogP contribution in [0.15, 0.2) is 18.2 Å². The topological polar surface area (TPSA) is 72.8 Å². The summed E-state index contributed by atoms with van der Waals surface area (Å²) in [5.74, 6) is -0.451. The number of ether oxygens (including phenoxy) is 2. The van der Waals surface area contributed by atoms with Gasteiger partial charge in [0.1, 0.15) is 11.5 Å². The molecule has 0 aromatic heterocycles. The molecule has 92 valence electrons. The van der Waals surface area contributed by atoms with Gasteiger partial charge in [-0.2, -0.15) is 0 Å². The Labute approximate surface area is 99.0 Å². The van der Waals surface area contributed by atoms with Crippen LogP contribution in [0, 0.1) is 0 Å². The maximum atomic E-state index is 11.7. The van der Waals surface area contributed by atoms with Gasteiger partial charge in [0.05, 0.1) is 26.2 Å². The highest BCUT2D eigenvalue weighted by Crippen LogP contribution is 2.24. The van der Waals surface area contributed by atoms with Crippen LogP contribution in [-0.4, -0.2) is 31.1 Å². The van der Waals surface area contributed by atoms with E-state index in [1.165, 1.54) is 26.4 Å². The first kappa shape index (κ1) is 13.0. The second kappa shape index (κ2) is 5.89. The molecule has 0 fully saturated rings. The molecule has 5 heteroatoms. The van der Waals surface area contributed by atoms with Gasteiger partial charge in [-0.15, -0.1) is 0 Å². The Morgan fingerprint density at radius 2 is 1.94 bits per heavy atom. The Morgan fingerprint density at radius 1 is 1.24 bits per heavy atom. The van der Waals surface area contributed by atoms with Crippen molar-refractivity contribution < 1.29 is 24.2 Å². The van der Waals surface area contributed by atoms with E-state index in [1.807, 2.05) is 0 Å². The molecule has 0 aliphatic heterocycles. The number of rotatable bonds is 5. The summed E-state index contributed by atoms with van der Waals surface area (Å²) in [6, 6.07) is 4.39. The van der Waals surface area contributed by atoms with Crippen molar-refractivity contribution in [2.75, 3.05) is 14.2 Å². The Balaban J connectivity index is 2.72. The van der Waals surface area contributed by atoms with Crippen LogP contribution in [0.25, 0.3) is 0 Å². The fourth-order valence-electron chi connectivity index (χ4n) is 1.33. The minimum absolute atomic E-state index is 0.000796. The molecule has 0 saturated carbocycles. The van der Waals surface area contributed by atoms with Crippen molar-refractivity contribution >= 4 is 11.8 Å². The number of carbonyl (C=O) groups excluding carboxylic acids is 2. The van der Waals surface area contributed by atoms with Crippen LogP contribution in [-0.2, 0) is 9.53 Å². The first-order valence-corrected chi connectivity index (χ1v) is 5.05. The van der Waals surface area contributed by atoms with Crippen molar-refractivity contribution in [3.05, 3.63) is 23.8 Å². The summed E-state index contributed by atoms with van der Waals surface area (Å²) < 4.78 is 9.33. The van der Waals surface area contributed by atoms with Crippen LogP contribution < -0.4 is 4.74 Å². The number of ketones is 1. The van der Waals surface area contributed by atoms with Gasteiger partial charge in [0.15, 0.2) is 5.78 Å². The largest absolute Gasteiger partial charge is 0.507 e. The zero-order chi connectivity index (χ0) is 12.8. The number of phenolic OH excluding ortho intramolecular Hbond substituents is 1. The van der Waals surface area contributed by atoms with E-state index < -0.39 is 5.97 Å². The molecule has 5 nitrogen and oxygen atoms in total. The van der Waals surface area contributed by atoms with E-state index in [0.717, 1.165) is 0 Å². The number of benzene rings is 1. The summed E-state index contributed by atoms with van der Waals surface area (Å²) in [4.78, 5) is 22.6. The molecular weight excluding hydrogens is 224 g/mol. The summed E-state index contributed by atoms with van der Waals surface area (Å²) in [5.41, 5.74) is 0.176. The number of aromatic hydroxyl groups is 1. The summed E-state index contributed by atoms with van der Waals surface area (Å²) in [6.45, 7) is 0. The van der Waals surface area contributed by atoms with Crippen LogP contribution in [0.4, 0.5) is 0 Å². The van der Waals surface area contributed by atoms with Gasteiger partial charge in [-0.05, 0) is 12.1 Å². The molecule has 1 rings (SSSR count). The molecule has 0 spiro atoms. The van der Waals surface area contributed by atoms with E-state index in [2.05, 4.69) is 4.74 Å². The third-order valence-corrected chi connectivity index (χ3v) is 2.29. The molecular formula is C12H14O5. The van der Waals surface area contributed by atoms with E-state index >= 15 is 0 Å². The highest BCUT2D eigenvalue weighted by molar-refractivity contribution is 5.99. The van der Waals surface area contributed by atoms with Crippen LogP contribution in [0.5, 0.6) is 11.5 Å². The molecule has 0 heterocycles. The van der Waals surface area contributed by atoms with Gasteiger partial charge in [-0.3, -0.25) is 9.59 Å². The molecule has 0 radical (unpaired) electrons. The maximum absolute atomic E-state index is 11.7. The number of carbonyl (C=O) groups is 2. The highest BCUT2D eigenvalue weighted by Gasteiger charge is 2.13. The van der Waals surface area contributed by atoms with Crippen molar-refractivity contribution in [3.63, 3.8) is 0 Å². The third-order valence-electron chi connectivity index (χ3n) is 2.29. The fraction of sp³-hybridized carbons (Fsp3) is 0.333. The summed E-state index contributed by atoms with van der Waals surface area (Å²) in [5, 5.41) is 9.60. The predicted octanol–water partition coefficient (Wildman–Crippen LogP) is 1.54. The smallest absolute Gasteiger partial charge is 0.305 e. The number of phenols is 1. The molecule has 0 aliphatic carbocycles. The van der Waals surface area contributed by atoms with Crippen LogP contribution in [0.3, 0.4) is 0 Å². The predicted molar refractivity (Wildman–Crippen MR) is 60.2 cm³/mol. The Kier molecular flexibility index (Phi) is 4.51. The van der Waals surface area contributed by atoms with Gasteiger partial charge in [-0.25, -0.2) is 0 Å². The zero-order valence-electron chi connectivity index (χ0n) is 9.73. The molecule has 0 unspecified atom stereocenters. The summed E-state index contributed by atoms with van der Waals surface area (Å²) in [7, 11) is 2.73. The van der Waals surface area contributed by atoms with Crippen molar-refractivity contribution in [1.29, 1.82) is 0 Å². The molecule has 17 heavy (non-hydrogen) atoms. The highest BCUT2D eigenvalue weighted by atomic mass is 16.5. The fourth-order valence-corrected chi connectivity index (χ4v) is 1.33. The molecule has 1 N–H and O–H groups in total. The number of hydrogen-bond acceptors (Lipinski definition) is 5. The maximum Gasteiger partial charge on any atom is 0.305 e. The van der Waals surface area contributed by atoms with Gasteiger partial charge < -0.3 is 14.6 Å². The Morgan fingerprint density at radius 3 is 2.47 bits per heavy atom. The van der Waals surface area contributed by atoms with E-state index in [9.17, 15) is 14.7 Å². The van der Waals surface area contributed by atoms with Gasteiger partial charge in [0.25, 0.3) is 0 Å². The zero-order valence-corrected chi connectivity index (χ0v) is 9.73. The van der Waals surface area contributed by atoms with E-state index in [4.69, 9.17) is 4.74 Å². The van der Waals surface area contributed by atoms with Crippen molar-refractivity contribution in [3.8, 4) is 11.5 Å². The van der Waals surface area contributed by atoms with Crippen molar-refractivity contribution in [1.82, 2.24) is 0 Å². The molecule has 0 atom stereocenters. The minimum atomic E-state index is -0.452. The first-order valence-electron chi connectivity index (χ1n) is 5.05. The molecule has 0 saturated heterocycles. The van der Waals surface area contributed by atoms with E-state index in [-0.39, 0.29) is 29.9 Å². The lowest BCUT2D eigenvalue weighted by Crippen LogP contribution is -2.06. The summed E-state index contributed by atoms with van der Waals surface area (Å²) >= 11 is 0. The normalized spacial score (nSPS) is 9.76. The molecule has 0 aliphatic rings. The number of methoxy groups -OCH3 is 2. The quantitative estimate of drug-likeness (QED) is 0.622. The molecule has 1 aromatic carbocycles. The van der Waals surface area contributed by atoms with Gasteiger partial charge in [0, 0.05) is 12.5 Å². The Bertz CT molecular complexity index is 425. The number of esters is 1. The van der Waals surface area contributed by atoms with Gasteiger partial charge in [0.2, 0.25) is 0 Å². The Hall–Kier alpha value is -2.04. The monoisotopic (exact) mass is 238 g/mol. The molecule has 0 bridgehead atoms. The third kappa shape index (κ3) is 3.48. The standard InChI is InChI=1S/C12H14O5/c1-16-8-3-4-9(11(14)7-8)10(13)5-6-12(15)17-2/h3-4,7,14H,5-6H2,1-2H3. The van der Waals surface area contributed by atoms with Crippen LogP contribution >= 0.6 is 0 Å². The molecule has 0 amide bonds. The average Bonchev–Trinajstić information content (AvgIpc) is 2.35. The molecule has 1 aromatic rings. The second-order valence-corrected chi connectivity index (χ2v) is 3.38. The SMILES string of the molecule is COC(=O)CCC(=O)c1ccc(OC)cc1O. The van der Waals surface area contributed by atoms with Crippen molar-refractivity contribution in [2.45, 2.75) is 12.8 Å². The van der Waals surface area contributed by atoms with Crippen LogP contribution in [0.2, 0.25) is 0 Å². The first-order chi connectivity index (χ1) is 8.08. The minimum Gasteiger partial charge on any atom is -0.507 e. The lowest BCUT2D eigenvalue weighted by Gasteiger charge is -2.05. The van der Waals surface area contributed by atoms with Gasteiger partial charge >= 0.3 is 5.97 Å². The average molecular weight is 238 g/mol. The van der Waals surface area contributed by atoms with Crippen LogP contribution in [0.1, 0.15) is 23.2 Å². The van der Waals surface area contributed by atoms with E-state index in [1.54, 1.807) is 6.07 Å². The van der Waals surface area contributed by atoms with Gasteiger partial charge in [-0.1, -0.05) is 0 Å². The van der Waals surface area contributed by atoms with Crippen molar-refractivity contribution in [2.24, 2.45) is 0 Å². The summed E-state index contributed by atoms with van der Waals surface area (Å²) in [6.07, 6.45) is 0.00731. The number of Topliss-reactive ketones (excluding diaryl/α,β-unsaturated/α-hetero) is 1. The lowest BCUT2D eigenvalue weighted by atomic mass is 10.1. The second-order valence-electron chi connectivity index (χ2n) is 3.38. The number of hydrogen-bond donors (Lipinski definition) is 1. The lowest BCUT2D eigenvalue weighted by molar-refractivity contribution is -0.140.